The molecule has 0 saturated heterocycles. The van der Waals surface area contributed by atoms with Crippen LogP contribution >= 0.6 is 23.2 Å². The maximum atomic E-state index is 13.5. The van der Waals surface area contributed by atoms with Crippen molar-refractivity contribution in [3.63, 3.8) is 0 Å². The molecule has 1 N–H and O–H groups in total. The summed E-state index contributed by atoms with van der Waals surface area (Å²) in [5.41, 5.74) is 3.07. The number of rotatable bonds is 6. The standard InChI is InChI=1S/C29H22Cl2F3N5O2/c30-21-5-3-18(4-6-21)2-1-10-38-11-8-24-23(17-38)22-13-20(15-35)26(41-29(32,33)34)14-25(22)39(24)28(40)37-16-19-7-9-36-27(31)12-19/h1-7,9,12-14H,8,10-11,16-17H2,(H,37,40). The molecule has 0 spiro atoms. The first-order valence-corrected chi connectivity index (χ1v) is 13.3. The summed E-state index contributed by atoms with van der Waals surface area (Å²) in [4.78, 5) is 19.6. The summed E-state index contributed by atoms with van der Waals surface area (Å²) < 4.78 is 45.0. The quantitative estimate of drug-likeness (QED) is 0.243. The van der Waals surface area contributed by atoms with E-state index < -0.39 is 18.1 Å². The minimum atomic E-state index is -5.01. The van der Waals surface area contributed by atoms with Gasteiger partial charge in [-0.2, -0.15) is 5.26 Å². The molecule has 0 bridgehead atoms. The molecule has 2 aromatic carbocycles. The lowest BCUT2D eigenvalue weighted by atomic mass is 10.0. The summed E-state index contributed by atoms with van der Waals surface area (Å²) in [5, 5.41) is 13.8. The van der Waals surface area contributed by atoms with Gasteiger partial charge < -0.3 is 10.1 Å². The van der Waals surface area contributed by atoms with Crippen molar-refractivity contribution in [2.45, 2.75) is 25.9 Å². The fraction of sp³-hybridized carbons (Fsp3) is 0.207. The second kappa shape index (κ2) is 11.8. The van der Waals surface area contributed by atoms with Gasteiger partial charge in [-0.25, -0.2) is 9.78 Å². The van der Waals surface area contributed by atoms with Crippen LogP contribution in [0.4, 0.5) is 18.0 Å². The first-order valence-electron chi connectivity index (χ1n) is 12.5. The highest BCUT2D eigenvalue weighted by Gasteiger charge is 2.34. The first-order chi connectivity index (χ1) is 19.6. The van der Waals surface area contributed by atoms with Gasteiger partial charge in [0.2, 0.25) is 0 Å². The molecule has 7 nitrogen and oxygen atoms in total. The highest BCUT2D eigenvalue weighted by molar-refractivity contribution is 6.30. The maximum absolute atomic E-state index is 13.5. The van der Waals surface area contributed by atoms with Gasteiger partial charge in [0.15, 0.2) is 0 Å². The number of pyridine rings is 1. The van der Waals surface area contributed by atoms with Crippen LogP contribution < -0.4 is 10.1 Å². The van der Waals surface area contributed by atoms with Crippen molar-refractivity contribution in [2.24, 2.45) is 0 Å². The van der Waals surface area contributed by atoms with E-state index in [0.717, 1.165) is 17.2 Å². The number of benzene rings is 2. The van der Waals surface area contributed by atoms with Gasteiger partial charge in [-0.05, 0) is 47.0 Å². The highest BCUT2D eigenvalue weighted by atomic mass is 35.5. The second-order valence-corrected chi connectivity index (χ2v) is 10.2. The zero-order chi connectivity index (χ0) is 29.1. The molecule has 41 heavy (non-hydrogen) atoms. The molecule has 0 fully saturated rings. The third-order valence-corrected chi connectivity index (χ3v) is 7.12. The summed E-state index contributed by atoms with van der Waals surface area (Å²) in [7, 11) is 0. The van der Waals surface area contributed by atoms with Crippen molar-refractivity contribution in [1.82, 2.24) is 19.8 Å². The average Bonchev–Trinajstić information content (AvgIpc) is 3.24. The van der Waals surface area contributed by atoms with Crippen molar-refractivity contribution in [1.29, 1.82) is 5.26 Å². The number of nitriles is 1. The van der Waals surface area contributed by atoms with Crippen molar-refractivity contribution >= 4 is 46.2 Å². The number of carbonyl (C=O) groups is 1. The van der Waals surface area contributed by atoms with E-state index in [1.807, 2.05) is 24.3 Å². The fourth-order valence-corrected chi connectivity index (χ4v) is 5.17. The van der Waals surface area contributed by atoms with Crippen molar-refractivity contribution in [3.8, 4) is 11.8 Å². The Bertz CT molecular complexity index is 1680. The van der Waals surface area contributed by atoms with Crippen LogP contribution in [0.25, 0.3) is 17.0 Å². The lowest BCUT2D eigenvalue weighted by Gasteiger charge is -2.27. The van der Waals surface area contributed by atoms with Crippen LogP contribution in [-0.2, 0) is 19.5 Å². The molecular weight excluding hydrogens is 578 g/mol. The predicted molar refractivity (Wildman–Crippen MR) is 150 cm³/mol. The number of nitrogens with one attached hydrogen (secondary N) is 1. The molecular formula is C29H22Cl2F3N5O2. The Labute approximate surface area is 243 Å². The van der Waals surface area contributed by atoms with E-state index in [1.54, 1.807) is 30.3 Å². The number of alkyl halides is 3. The monoisotopic (exact) mass is 599 g/mol. The Morgan fingerprint density at radius 1 is 1.17 bits per heavy atom. The third-order valence-electron chi connectivity index (χ3n) is 6.66. The van der Waals surface area contributed by atoms with Crippen LogP contribution in [0.2, 0.25) is 10.2 Å². The molecule has 2 aromatic heterocycles. The molecule has 210 valence electrons. The minimum Gasteiger partial charge on any atom is -0.404 e. The summed E-state index contributed by atoms with van der Waals surface area (Å²) in [6.45, 7) is 1.77. The number of ether oxygens (including phenoxy) is 1. The van der Waals surface area contributed by atoms with Gasteiger partial charge >= 0.3 is 12.4 Å². The largest absolute Gasteiger partial charge is 0.573 e. The molecule has 1 aliphatic rings. The lowest BCUT2D eigenvalue weighted by Crippen LogP contribution is -2.34. The second-order valence-electron chi connectivity index (χ2n) is 9.37. The molecule has 0 radical (unpaired) electrons. The summed E-state index contributed by atoms with van der Waals surface area (Å²) in [6, 6.07) is 14.4. The number of fused-ring (bicyclic) bond motifs is 3. The molecule has 1 aliphatic heterocycles. The van der Waals surface area contributed by atoms with Crippen LogP contribution in [-0.4, -0.2) is 39.9 Å². The lowest BCUT2D eigenvalue weighted by molar-refractivity contribution is -0.274. The Morgan fingerprint density at radius 2 is 1.95 bits per heavy atom. The van der Waals surface area contributed by atoms with Crippen molar-refractivity contribution in [3.05, 3.63) is 98.9 Å². The molecule has 1 amide bonds. The van der Waals surface area contributed by atoms with Crippen LogP contribution in [0.15, 0.2) is 60.8 Å². The van der Waals surface area contributed by atoms with E-state index >= 15 is 0 Å². The minimum absolute atomic E-state index is 0.124. The normalized spacial score (nSPS) is 13.8. The first kappa shape index (κ1) is 28.5. The number of aromatic nitrogens is 2. The number of nitrogens with zero attached hydrogens (tertiary/aromatic N) is 4. The SMILES string of the molecule is N#Cc1cc2c3c(n(C(=O)NCc4ccnc(Cl)c4)c2cc1OC(F)(F)F)CCN(CC=Cc1ccc(Cl)cc1)C3. The van der Waals surface area contributed by atoms with Crippen LogP contribution in [0, 0.1) is 11.3 Å². The maximum Gasteiger partial charge on any atom is 0.573 e. The molecule has 12 heteroatoms. The highest BCUT2D eigenvalue weighted by Crippen LogP contribution is 2.37. The molecule has 4 aromatic rings. The number of halogens is 5. The fourth-order valence-electron chi connectivity index (χ4n) is 4.84. The van der Waals surface area contributed by atoms with Gasteiger partial charge in [0, 0.05) is 61.0 Å². The van der Waals surface area contributed by atoms with Gasteiger partial charge in [-0.3, -0.25) is 9.47 Å². The summed E-state index contributed by atoms with van der Waals surface area (Å²) in [6.07, 6.45) is 0.951. The molecule has 0 atom stereocenters. The van der Waals surface area contributed by atoms with Crippen molar-refractivity contribution in [2.75, 3.05) is 13.1 Å². The van der Waals surface area contributed by atoms with Gasteiger partial charge in [-0.15, -0.1) is 13.2 Å². The van der Waals surface area contributed by atoms with E-state index in [-0.39, 0.29) is 22.8 Å². The van der Waals surface area contributed by atoms with Gasteiger partial charge in [0.1, 0.15) is 17.0 Å². The third kappa shape index (κ3) is 6.65. The van der Waals surface area contributed by atoms with E-state index in [4.69, 9.17) is 23.2 Å². The van der Waals surface area contributed by atoms with E-state index in [9.17, 15) is 23.2 Å². The van der Waals surface area contributed by atoms with Gasteiger partial charge in [0.25, 0.3) is 0 Å². The van der Waals surface area contributed by atoms with Crippen molar-refractivity contribution < 1.29 is 22.7 Å². The Hall–Kier alpha value is -4.04. The smallest absolute Gasteiger partial charge is 0.404 e. The van der Waals surface area contributed by atoms with E-state index in [0.29, 0.717) is 47.7 Å². The van der Waals surface area contributed by atoms with Crippen LogP contribution in [0.1, 0.15) is 27.9 Å². The van der Waals surface area contributed by atoms with E-state index in [2.05, 4.69) is 19.9 Å². The van der Waals surface area contributed by atoms with Crippen LogP contribution in [0.3, 0.4) is 0 Å². The number of carbonyl (C=O) groups excluding carboxylic acids is 1. The topological polar surface area (TPSA) is 83.2 Å². The molecule has 0 unspecified atom stereocenters. The number of hydrogen-bond donors (Lipinski definition) is 1. The number of amides is 1. The zero-order valence-corrected chi connectivity index (χ0v) is 22.9. The average molecular weight is 600 g/mol. The van der Waals surface area contributed by atoms with Gasteiger partial charge in [0.05, 0.1) is 11.1 Å². The molecule has 0 aliphatic carbocycles. The number of hydrogen-bond acceptors (Lipinski definition) is 5. The zero-order valence-electron chi connectivity index (χ0n) is 21.4. The Kier molecular flexibility index (Phi) is 8.22. The van der Waals surface area contributed by atoms with Crippen LogP contribution in [0.5, 0.6) is 5.75 Å². The Balaban J connectivity index is 1.48. The molecule has 3 heterocycles. The Morgan fingerprint density at radius 3 is 2.66 bits per heavy atom. The van der Waals surface area contributed by atoms with E-state index in [1.165, 1.54) is 16.8 Å². The van der Waals surface area contributed by atoms with Gasteiger partial charge in [-0.1, -0.05) is 47.5 Å². The molecule has 5 rings (SSSR count). The summed E-state index contributed by atoms with van der Waals surface area (Å²) >= 11 is 11.9. The summed E-state index contributed by atoms with van der Waals surface area (Å²) in [5.74, 6) is -0.667. The predicted octanol–water partition coefficient (Wildman–Crippen LogP) is 6.94. The molecule has 0 saturated carbocycles.